The van der Waals surface area contributed by atoms with Crippen molar-refractivity contribution in [2.75, 3.05) is 13.2 Å². The molecule has 8 heteroatoms. The molecule has 0 saturated heterocycles. The zero-order chi connectivity index (χ0) is 12.0. The Kier molecular flexibility index (Phi) is 4.69. The van der Waals surface area contributed by atoms with Crippen LogP contribution in [0.1, 0.15) is 18.1 Å². The molecule has 0 unspecified atom stereocenters. The van der Waals surface area contributed by atoms with Crippen molar-refractivity contribution in [3.8, 4) is 0 Å². The summed E-state index contributed by atoms with van der Waals surface area (Å²) in [6.45, 7) is -1.15. The molecule has 1 rings (SSSR count). The second-order valence-electron chi connectivity index (χ2n) is 3.10. The maximum absolute atomic E-state index is 11.7. The van der Waals surface area contributed by atoms with Crippen molar-refractivity contribution >= 4 is 0 Å². The molecule has 0 aliphatic carbocycles. The number of hydrogen-bond donors (Lipinski definition) is 1. The van der Waals surface area contributed by atoms with Gasteiger partial charge < -0.3 is 15.0 Å². The van der Waals surface area contributed by atoms with Gasteiger partial charge in [0.05, 0.1) is 0 Å². The van der Waals surface area contributed by atoms with Gasteiger partial charge in [-0.05, 0) is 13.0 Å². The zero-order valence-corrected chi connectivity index (χ0v) is 8.46. The highest BCUT2D eigenvalue weighted by Crippen LogP contribution is 2.15. The Bertz CT molecular complexity index is 314. The number of aryl methyl sites for hydroxylation is 1. The maximum atomic E-state index is 11.7. The number of nitrogens with two attached hydrogens (primary N) is 1. The van der Waals surface area contributed by atoms with Gasteiger partial charge in [-0.1, -0.05) is 5.16 Å². The van der Waals surface area contributed by atoms with Crippen molar-refractivity contribution in [2.45, 2.75) is 25.6 Å². The standard InChI is InChI=1S/C8H12F3N3O2/c9-8(10,11)5-15-4-6-13-7(16-14-6)2-1-3-12/h1-5,12H2. The fourth-order valence-electron chi connectivity index (χ4n) is 0.962. The SMILES string of the molecule is NCCCc1nc(COCC(F)(F)F)no1. The van der Waals surface area contributed by atoms with Gasteiger partial charge in [-0.25, -0.2) is 0 Å². The first-order valence-corrected chi connectivity index (χ1v) is 4.67. The lowest BCUT2D eigenvalue weighted by atomic mass is 10.3. The summed E-state index contributed by atoms with van der Waals surface area (Å²) in [5.74, 6) is 0.465. The van der Waals surface area contributed by atoms with Gasteiger partial charge in [-0.2, -0.15) is 18.2 Å². The fraction of sp³-hybridized carbons (Fsp3) is 0.750. The zero-order valence-electron chi connectivity index (χ0n) is 8.46. The van der Waals surface area contributed by atoms with E-state index in [1.165, 1.54) is 0 Å². The van der Waals surface area contributed by atoms with Crippen molar-refractivity contribution in [1.82, 2.24) is 10.1 Å². The second-order valence-corrected chi connectivity index (χ2v) is 3.10. The Morgan fingerprint density at radius 2 is 2.12 bits per heavy atom. The quantitative estimate of drug-likeness (QED) is 0.802. The van der Waals surface area contributed by atoms with Crippen LogP contribution in [-0.4, -0.2) is 29.5 Å². The van der Waals surface area contributed by atoms with Crippen LogP contribution in [0.5, 0.6) is 0 Å². The van der Waals surface area contributed by atoms with Gasteiger partial charge in [-0.3, -0.25) is 0 Å². The van der Waals surface area contributed by atoms with Crippen LogP contribution in [0, 0.1) is 0 Å². The van der Waals surface area contributed by atoms with Crippen molar-refractivity contribution in [1.29, 1.82) is 0 Å². The molecule has 0 aliphatic heterocycles. The molecule has 16 heavy (non-hydrogen) atoms. The van der Waals surface area contributed by atoms with Crippen molar-refractivity contribution < 1.29 is 22.4 Å². The largest absolute Gasteiger partial charge is 0.411 e. The van der Waals surface area contributed by atoms with Crippen molar-refractivity contribution in [3.05, 3.63) is 11.7 Å². The predicted molar refractivity (Wildman–Crippen MR) is 47.4 cm³/mol. The second kappa shape index (κ2) is 5.80. The van der Waals surface area contributed by atoms with Crippen LogP contribution in [0.25, 0.3) is 0 Å². The van der Waals surface area contributed by atoms with Gasteiger partial charge in [0.1, 0.15) is 13.2 Å². The molecule has 0 saturated carbocycles. The summed E-state index contributed by atoms with van der Waals surface area (Å²) in [6.07, 6.45) is -3.14. The van der Waals surface area contributed by atoms with E-state index in [1.54, 1.807) is 0 Å². The minimum atomic E-state index is -4.34. The number of nitrogens with zero attached hydrogens (tertiary/aromatic N) is 2. The van der Waals surface area contributed by atoms with Crippen molar-refractivity contribution in [2.24, 2.45) is 5.73 Å². The first-order chi connectivity index (χ1) is 7.51. The molecule has 0 radical (unpaired) electrons. The lowest BCUT2D eigenvalue weighted by Crippen LogP contribution is -2.16. The molecular weight excluding hydrogens is 227 g/mol. The molecule has 1 aromatic rings. The average molecular weight is 239 g/mol. The Hall–Kier alpha value is -1.15. The predicted octanol–water partition coefficient (Wildman–Crippen LogP) is 1.04. The summed E-state index contributed by atoms with van der Waals surface area (Å²) in [5, 5.41) is 3.47. The summed E-state index contributed by atoms with van der Waals surface area (Å²) in [6, 6.07) is 0. The Balaban J connectivity index is 2.29. The van der Waals surface area contributed by atoms with Gasteiger partial charge in [0, 0.05) is 6.42 Å². The number of rotatable bonds is 6. The minimum Gasteiger partial charge on any atom is -0.364 e. The van der Waals surface area contributed by atoms with Crippen LogP contribution >= 0.6 is 0 Å². The molecule has 0 aromatic carbocycles. The van der Waals surface area contributed by atoms with E-state index in [4.69, 9.17) is 10.3 Å². The molecule has 0 amide bonds. The summed E-state index contributed by atoms with van der Waals surface area (Å²) < 4.78 is 44.3. The van der Waals surface area contributed by atoms with E-state index in [1.807, 2.05) is 0 Å². The third kappa shape index (κ3) is 5.08. The first kappa shape index (κ1) is 12.9. The minimum absolute atomic E-state index is 0.108. The Morgan fingerprint density at radius 1 is 1.38 bits per heavy atom. The van der Waals surface area contributed by atoms with Crippen LogP contribution in [0.15, 0.2) is 4.52 Å². The van der Waals surface area contributed by atoms with Crippen LogP contribution in [0.4, 0.5) is 13.2 Å². The molecule has 0 spiro atoms. The molecule has 0 fully saturated rings. The number of aromatic nitrogens is 2. The lowest BCUT2D eigenvalue weighted by molar-refractivity contribution is -0.177. The van der Waals surface area contributed by atoms with Gasteiger partial charge >= 0.3 is 6.18 Å². The molecule has 2 N–H and O–H groups in total. The summed E-state index contributed by atoms with van der Waals surface area (Å²) in [4.78, 5) is 3.84. The number of alkyl halides is 3. The number of hydrogen-bond acceptors (Lipinski definition) is 5. The third-order valence-electron chi connectivity index (χ3n) is 1.60. The summed E-state index contributed by atoms with van der Waals surface area (Å²) in [7, 11) is 0. The normalized spacial score (nSPS) is 12.0. The van der Waals surface area contributed by atoms with E-state index in [9.17, 15) is 13.2 Å². The third-order valence-corrected chi connectivity index (χ3v) is 1.60. The van der Waals surface area contributed by atoms with Crippen LogP contribution in [-0.2, 0) is 17.8 Å². The van der Waals surface area contributed by atoms with Gasteiger partial charge in [-0.15, -0.1) is 0 Å². The highest BCUT2D eigenvalue weighted by molar-refractivity contribution is 4.84. The molecule has 0 aliphatic rings. The summed E-state index contributed by atoms with van der Waals surface area (Å²) in [5.41, 5.74) is 5.27. The number of ether oxygens (including phenoxy) is 1. The van der Waals surface area contributed by atoms with E-state index in [-0.39, 0.29) is 12.4 Å². The number of halogens is 3. The van der Waals surface area contributed by atoms with Gasteiger partial charge in [0.2, 0.25) is 5.89 Å². The molecule has 0 bridgehead atoms. The van der Waals surface area contributed by atoms with E-state index in [2.05, 4.69) is 14.9 Å². The lowest BCUT2D eigenvalue weighted by Gasteiger charge is -2.04. The van der Waals surface area contributed by atoms with Gasteiger partial charge in [0.15, 0.2) is 5.82 Å². The Labute approximate surface area is 89.8 Å². The highest BCUT2D eigenvalue weighted by atomic mass is 19.4. The van der Waals surface area contributed by atoms with E-state index in [0.717, 1.165) is 0 Å². The van der Waals surface area contributed by atoms with Crippen LogP contribution in [0.3, 0.4) is 0 Å². The molecular formula is C8H12F3N3O2. The highest BCUT2D eigenvalue weighted by Gasteiger charge is 2.27. The van der Waals surface area contributed by atoms with E-state index >= 15 is 0 Å². The van der Waals surface area contributed by atoms with Crippen LogP contribution in [0.2, 0.25) is 0 Å². The molecule has 0 atom stereocenters. The topological polar surface area (TPSA) is 74.2 Å². The van der Waals surface area contributed by atoms with E-state index in [0.29, 0.717) is 25.3 Å². The van der Waals surface area contributed by atoms with E-state index < -0.39 is 12.8 Å². The fourth-order valence-corrected chi connectivity index (χ4v) is 0.962. The monoisotopic (exact) mass is 239 g/mol. The molecule has 1 aromatic heterocycles. The van der Waals surface area contributed by atoms with Gasteiger partial charge in [0.25, 0.3) is 0 Å². The Morgan fingerprint density at radius 3 is 2.75 bits per heavy atom. The summed E-state index contributed by atoms with van der Waals surface area (Å²) >= 11 is 0. The first-order valence-electron chi connectivity index (χ1n) is 4.67. The maximum Gasteiger partial charge on any atom is 0.411 e. The van der Waals surface area contributed by atoms with Crippen molar-refractivity contribution in [3.63, 3.8) is 0 Å². The smallest absolute Gasteiger partial charge is 0.364 e. The molecule has 1 heterocycles. The average Bonchev–Trinajstić information content (AvgIpc) is 2.61. The van der Waals surface area contributed by atoms with Crippen LogP contribution < -0.4 is 5.73 Å². The molecule has 92 valence electrons. The molecule has 5 nitrogen and oxygen atoms in total.